The molecule has 5 heteroatoms. The lowest BCUT2D eigenvalue weighted by molar-refractivity contribution is 0.0995. The van der Waals surface area contributed by atoms with Crippen molar-refractivity contribution < 1.29 is 13.6 Å². The molecule has 2 aromatic carbocycles. The van der Waals surface area contributed by atoms with Crippen LogP contribution in [0.5, 0.6) is 0 Å². The first-order valence-corrected chi connectivity index (χ1v) is 8.44. The fraction of sp³-hybridized carbons (Fsp3) is 0.105. The van der Waals surface area contributed by atoms with Crippen LogP contribution in [0, 0.1) is 12.7 Å². The summed E-state index contributed by atoms with van der Waals surface area (Å²) < 4.78 is 18.7. The number of aryl methyl sites for hydroxylation is 1. The van der Waals surface area contributed by atoms with Gasteiger partial charge in [0.25, 0.3) is 5.91 Å². The van der Waals surface area contributed by atoms with E-state index in [1.54, 1.807) is 23.9 Å². The molecular formula is C19H16FNO2S. The topological polar surface area (TPSA) is 42.2 Å². The van der Waals surface area contributed by atoms with E-state index in [9.17, 15) is 9.18 Å². The number of rotatable bonds is 5. The molecule has 0 saturated heterocycles. The van der Waals surface area contributed by atoms with Gasteiger partial charge in [0.2, 0.25) is 0 Å². The molecule has 0 spiro atoms. The molecule has 24 heavy (non-hydrogen) atoms. The number of halogens is 1. The molecule has 3 rings (SSSR count). The smallest absolute Gasteiger partial charge is 0.291 e. The standard InChI is InChI=1S/C19H16FNO2S/c1-13-7-8-15(20)11-17(13)21-19(22)18-14(9-10-23-18)12-24-16-5-3-2-4-6-16/h2-11H,12H2,1H3,(H,21,22). The molecule has 0 fully saturated rings. The molecule has 1 amide bonds. The third-order valence-corrected chi connectivity index (χ3v) is 4.60. The minimum Gasteiger partial charge on any atom is -0.459 e. The second-order valence-electron chi connectivity index (χ2n) is 5.29. The van der Waals surface area contributed by atoms with E-state index in [1.807, 2.05) is 37.3 Å². The van der Waals surface area contributed by atoms with Crippen molar-refractivity contribution in [3.8, 4) is 0 Å². The highest BCUT2D eigenvalue weighted by molar-refractivity contribution is 7.98. The van der Waals surface area contributed by atoms with Crippen LogP contribution in [-0.2, 0) is 5.75 Å². The van der Waals surface area contributed by atoms with Crippen molar-refractivity contribution in [2.75, 3.05) is 5.32 Å². The van der Waals surface area contributed by atoms with Gasteiger partial charge in [-0.15, -0.1) is 11.8 Å². The van der Waals surface area contributed by atoms with E-state index in [-0.39, 0.29) is 11.7 Å². The molecule has 3 aromatic rings. The Morgan fingerprint density at radius 2 is 1.96 bits per heavy atom. The number of benzene rings is 2. The van der Waals surface area contributed by atoms with Crippen LogP contribution in [0.4, 0.5) is 10.1 Å². The summed E-state index contributed by atoms with van der Waals surface area (Å²) in [6.07, 6.45) is 1.49. The third kappa shape index (κ3) is 3.86. The van der Waals surface area contributed by atoms with Crippen LogP contribution in [-0.4, -0.2) is 5.91 Å². The lowest BCUT2D eigenvalue weighted by Crippen LogP contribution is -2.13. The minimum absolute atomic E-state index is 0.252. The average molecular weight is 341 g/mol. The molecule has 0 aliphatic rings. The molecule has 122 valence electrons. The normalized spacial score (nSPS) is 10.6. The van der Waals surface area contributed by atoms with Gasteiger partial charge in [0, 0.05) is 21.9 Å². The second-order valence-corrected chi connectivity index (χ2v) is 6.34. The van der Waals surface area contributed by atoms with E-state index in [0.717, 1.165) is 16.0 Å². The number of furan rings is 1. The summed E-state index contributed by atoms with van der Waals surface area (Å²) >= 11 is 1.62. The highest BCUT2D eigenvalue weighted by Crippen LogP contribution is 2.26. The van der Waals surface area contributed by atoms with Crippen LogP contribution in [0.1, 0.15) is 21.7 Å². The van der Waals surface area contributed by atoms with Crippen molar-refractivity contribution in [1.29, 1.82) is 0 Å². The molecule has 0 aliphatic carbocycles. The summed E-state index contributed by atoms with van der Waals surface area (Å²) in [5.41, 5.74) is 2.03. The van der Waals surface area contributed by atoms with E-state index in [2.05, 4.69) is 5.32 Å². The zero-order chi connectivity index (χ0) is 16.9. The summed E-state index contributed by atoms with van der Waals surface area (Å²) in [6.45, 7) is 1.81. The number of nitrogens with one attached hydrogen (secondary N) is 1. The van der Waals surface area contributed by atoms with Gasteiger partial charge in [-0.2, -0.15) is 0 Å². The predicted octanol–water partition coefficient (Wildman–Crippen LogP) is 5.27. The Kier molecular flexibility index (Phi) is 5.01. The fourth-order valence-corrected chi connectivity index (χ4v) is 3.13. The first-order valence-electron chi connectivity index (χ1n) is 7.45. The molecule has 1 aromatic heterocycles. The Bertz CT molecular complexity index is 846. The van der Waals surface area contributed by atoms with E-state index in [4.69, 9.17) is 4.42 Å². The molecule has 3 nitrogen and oxygen atoms in total. The summed E-state index contributed by atoms with van der Waals surface area (Å²) in [5.74, 6) is 0.0976. The van der Waals surface area contributed by atoms with E-state index in [1.165, 1.54) is 18.4 Å². The number of hydrogen-bond donors (Lipinski definition) is 1. The predicted molar refractivity (Wildman–Crippen MR) is 93.8 cm³/mol. The highest BCUT2D eigenvalue weighted by atomic mass is 32.2. The Morgan fingerprint density at radius 3 is 2.75 bits per heavy atom. The van der Waals surface area contributed by atoms with Gasteiger partial charge in [-0.05, 0) is 42.8 Å². The number of anilines is 1. The quantitative estimate of drug-likeness (QED) is 0.643. The summed E-state index contributed by atoms with van der Waals surface area (Å²) in [4.78, 5) is 13.6. The Morgan fingerprint density at radius 1 is 1.17 bits per heavy atom. The van der Waals surface area contributed by atoms with Crippen molar-refractivity contribution in [1.82, 2.24) is 0 Å². The average Bonchev–Trinajstić information content (AvgIpc) is 3.06. The molecular weight excluding hydrogens is 325 g/mol. The largest absolute Gasteiger partial charge is 0.459 e. The zero-order valence-corrected chi connectivity index (χ0v) is 13.9. The van der Waals surface area contributed by atoms with Gasteiger partial charge in [0.15, 0.2) is 5.76 Å². The van der Waals surface area contributed by atoms with Crippen LogP contribution in [0.15, 0.2) is 70.2 Å². The highest BCUT2D eigenvalue weighted by Gasteiger charge is 2.16. The molecule has 1 heterocycles. The number of carbonyl (C=O) groups is 1. The molecule has 0 radical (unpaired) electrons. The van der Waals surface area contributed by atoms with Gasteiger partial charge in [0.05, 0.1) is 6.26 Å². The lowest BCUT2D eigenvalue weighted by atomic mass is 10.2. The maximum Gasteiger partial charge on any atom is 0.291 e. The lowest BCUT2D eigenvalue weighted by Gasteiger charge is -2.08. The van der Waals surface area contributed by atoms with Gasteiger partial charge in [-0.3, -0.25) is 4.79 Å². The van der Waals surface area contributed by atoms with Crippen molar-refractivity contribution >= 4 is 23.4 Å². The van der Waals surface area contributed by atoms with Gasteiger partial charge >= 0.3 is 0 Å². The summed E-state index contributed by atoms with van der Waals surface area (Å²) in [7, 11) is 0. The number of amides is 1. The van der Waals surface area contributed by atoms with Crippen molar-refractivity contribution in [3.63, 3.8) is 0 Å². The van der Waals surface area contributed by atoms with E-state index >= 15 is 0 Å². The van der Waals surface area contributed by atoms with Crippen molar-refractivity contribution in [2.45, 2.75) is 17.6 Å². The number of carbonyl (C=O) groups excluding carboxylic acids is 1. The monoisotopic (exact) mass is 341 g/mol. The van der Waals surface area contributed by atoms with Crippen LogP contribution in [0.3, 0.4) is 0 Å². The Balaban J connectivity index is 1.72. The second kappa shape index (κ2) is 7.36. The fourth-order valence-electron chi connectivity index (χ4n) is 2.23. The zero-order valence-electron chi connectivity index (χ0n) is 13.1. The first-order chi connectivity index (χ1) is 11.6. The third-order valence-electron chi connectivity index (χ3n) is 3.54. The van der Waals surface area contributed by atoms with Gasteiger partial charge < -0.3 is 9.73 Å². The van der Waals surface area contributed by atoms with Crippen LogP contribution in [0.2, 0.25) is 0 Å². The van der Waals surface area contributed by atoms with Crippen LogP contribution in [0.25, 0.3) is 0 Å². The molecule has 0 aliphatic heterocycles. The van der Waals surface area contributed by atoms with Gasteiger partial charge in [-0.1, -0.05) is 24.3 Å². The van der Waals surface area contributed by atoms with E-state index in [0.29, 0.717) is 11.4 Å². The molecule has 0 unspecified atom stereocenters. The Hall–Kier alpha value is -2.53. The van der Waals surface area contributed by atoms with Crippen molar-refractivity contribution in [3.05, 3.63) is 83.6 Å². The molecule has 0 atom stereocenters. The van der Waals surface area contributed by atoms with E-state index < -0.39 is 5.82 Å². The molecule has 1 N–H and O–H groups in total. The minimum atomic E-state index is -0.393. The maximum absolute atomic E-state index is 13.3. The maximum atomic E-state index is 13.3. The van der Waals surface area contributed by atoms with Crippen LogP contribution >= 0.6 is 11.8 Å². The number of thioether (sulfide) groups is 1. The van der Waals surface area contributed by atoms with Gasteiger partial charge in [-0.25, -0.2) is 4.39 Å². The summed E-state index contributed by atoms with van der Waals surface area (Å²) in [6, 6.07) is 16.0. The first kappa shape index (κ1) is 16.3. The SMILES string of the molecule is Cc1ccc(F)cc1NC(=O)c1occc1CSc1ccccc1. The number of hydrogen-bond acceptors (Lipinski definition) is 3. The molecule has 0 bridgehead atoms. The van der Waals surface area contributed by atoms with Gasteiger partial charge in [0.1, 0.15) is 5.82 Å². The Labute approximate surface area is 143 Å². The van der Waals surface area contributed by atoms with Crippen LogP contribution < -0.4 is 5.32 Å². The summed E-state index contributed by atoms with van der Waals surface area (Å²) in [5, 5.41) is 2.71. The molecule has 0 saturated carbocycles. The van der Waals surface area contributed by atoms with Crippen molar-refractivity contribution in [2.24, 2.45) is 0 Å².